The topological polar surface area (TPSA) is 46.6 Å². The maximum absolute atomic E-state index is 13.0. The maximum atomic E-state index is 13.0. The highest BCUT2D eigenvalue weighted by atomic mass is 35.5. The Kier molecular flexibility index (Phi) is 5.13. The summed E-state index contributed by atoms with van der Waals surface area (Å²) in [7, 11) is -3.75. The summed E-state index contributed by atoms with van der Waals surface area (Å²) >= 11 is 11.8. The van der Waals surface area contributed by atoms with Crippen LogP contribution in [0.4, 0.5) is 4.39 Å². The van der Waals surface area contributed by atoms with Crippen molar-refractivity contribution in [2.45, 2.75) is 11.0 Å². The van der Waals surface area contributed by atoms with E-state index in [0.717, 1.165) is 5.56 Å². The second-order valence-corrected chi connectivity index (χ2v) is 8.19. The summed E-state index contributed by atoms with van der Waals surface area (Å²) in [5, 5.41) is 0.508. The quantitative estimate of drug-likeness (QED) is 0.799. The molecule has 128 valence electrons. The zero-order chi connectivity index (χ0) is 17.3. The molecule has 0 spiro atoms. The number of hydrogen-bond donors (Lipinski definition) is 0. The molecule has 0 radical (unpaired) electrons. The Morgan fingerprint density at radius 2 is 1.71 bits per heavy atom. The Balaban J connectivity index is 1.86. The van der Waals surface area contributed by atoms with Gasteiger partial charge < -0.3 is 4.74 Å². The van der Waals surface area contributed by atoms with Crippen molar-refractivity contribution in [1.29, 1.82) is 0 Å². The van der Waals surface area contributed by atoms with Crippen LogP contribution < -0.4 is 0 Å². The lowest BCUT2D eigenvalue weighted by Crippen LogP contribution is -2.42. The summed E-state index contributed by atoms with van der Waals surface area (Å²) in [5.74, 6) is -0.354. The zero-order valence-electron chi connectivity index (χ0n) is 12.5. The van der Waals surface area contributed by atoms with Gasteiger partial charge in [0.1, 0.15) is 5.82 Å². The van der Waals surface area contributed by atoms with Crippen molar-refractivity contribution in [1.82, 2.24) is 4.31 Å². The Hall–Kier alpha value is -1.18. The van der Waals surface area contributed by atoms with Crippen LogP contribution in [0.2, 0.25) is 10.0 Å². The van der Waals surface area contributed by atoms with Crippen LogP contribution in [0.25, 0.3) is 0 Å². The predicted molar refractivity (Wildman–Crippen MR) is 90.3 cm³/mol. The Morgan fingerprint density at radius 3 is 2.33 bits per heavy atom. The fraction of sp³-hybridized carbons (Fsp3) is 0.250. The molecule has 1 aliphatic rings. The fourth-order valence-electron chi connectivity index (χ4n) is 2.55. The van der Waals surface area contributed by atoms with E-state index in [1.165, 1.54) is 34.6 Å². The molecule has 1 saturated heterocycles. The molecule has 1 fully saturated rings. The molecule has 2 aromatic rings. The molecule has 1 atom stereocenters. The van der Waals surface area contributed by atoms with Gasteiger partial charge in [-0.15, -0.1) is 0 Å². The molecule has 1 heterocycles. The summed E-state index contributed by atoms with van der Waals surface area (Å²) in [6.45, 7) is 0.609. The van der Waals surface area contributed by atoms with E-state index >= 15 is 0 Å². The Morgan fingerprint density at radius 1 is 1.08 bits per heavy atom. The molecule has 24 heavy (non-hydrogen) atoms. The van der Waals surface area contributed by atoms with Crippen molar-refractivity contribution in [3.8, 4) is 0 Å². The molecular formula is C16H14Cl2FNO3S. The number of hydrogen-bond acceptors (Lipinski definition) is 3. The zero-order valence-corrected chi connectivity index (χ0v) is 14.8. The average Bonchev–Trinajstić information content (AvgIpc) is 2.55. The lowest BCUT2D eigenvalue weighted by Gasteiger charge is -2.32. The number of ether oxygens (including phenoxy) is 1. The Bertz CT molecular complexity index is 823. The lowest BCUT2D eigenvalue weighted by molar-refractivity contribution is -0.00258. The summed E-state index contributed by atoms with van der Waals surface area (Å²) in [5.41, 5.74) is 0.723. The smallest absolute Gasteiger partial charge is 0.243 e. The number of morpholine rings is 1. The second-order valence-electron chi connectivity index (χ2n) is 5.38. The van der Waals surface area contributed by atoms with Crippen LogP contribution in [-0.2, 0) is 14.8 Å². The lowest BCUT2D eigenvalue weighted by atomic mass is 10.1. The first-order chi connectivity index (χ1) is 11.4. The van der Waals surface area contributed by atoms with E-state index in [1.54, 1.807) is 12.1 Å². The predicted octanol–water partition coefficient (Wildman–Crippen LogP) is 3.89. The standard InChI is InChI=1S/C16H14Cl2FNO3S/c17-12-7-13(18)9-15(8-12)24(21,22)20-5-6-23-16(10-20)11-1-3-14(19)4-2-11/h1-4,7-9,16H,5-6,10H2/t16-/m0/s1. The molecule has 0 aliphatic carbocycles. The highest BCUT2D eigenvalue weighted by molar-refractivity contribution is 7.89. The van der Waals surface area contributed by atoms with Gasteiger partial charge in [-0.25, -0.2) is 12.8 Å². The first-order valence-electron chi connectivity index (χ1n) is 7.19. The van der Waals surface area contributed by atoms with Crippen molar-refractivity contribution in [3.63, 3.8) is 0 Å². The molecule has 8 heteroatoms. The van der Waals surface area contributed by atoms with Gasteiger partial charge in [0.25, 0.3) is 0 Å². The van der Waals surface area contributed by atoms with Crippen molar-refractivity contribution >= 4 is 33.2 Å². The van der Waals surface area contributed by atoms with Gasteiger partial charge in [-0.1, -0.05) is 35.3 Å². The number of halogens is 3. The van der Waals surface area contributed by atoms with E-state index in [-0.39, 0.29) is 40.5 Å². The van der Waals surface area contributed by atoms with Gasteiger partial charge in [-0.05, 0) is 35.9 Å². The highest BCUT2D eigenvalue weighted by Gasteiger charge is 2.31. The van der Waals surface area contributed by atoms with Crippen molar-refractivity contribution in [3.05, 3.63) is 63.9 Å². The summed E-state index contributed by atoms with van der Waals surface area (Å²) in [4.78, 5) is 0.0414. The van der Waals surface area contributed by atoms with Gasteiger partial charge in [-0.3, -0.25) is 0 Å². The minimum Gasteiger partial charge on any atom is -0.371 e. The van der Waals surface area contributed by atoms with Gasteiger partial charge in [-0.2, -0.15) is 4.31 Å². The monoisotopic (exact) mass is 389 g/mol. The van der Waals surface area contributed by atoms with Gasteiger partial charge >= 0.3 is 0 Å². The van der Waals surface area contributed by atoms with Crippen LogP contribution in [0.5, 0.6) is 0 Å². The molecule has 4 nitrogen and oxygen atoms in total. The van der Waals surface area contributed by atoms with E-state index in [2.05, 4.69) is 0 Å². The van der Waals surface area contributed by atoms with E-state index in [9.17, 15) is 12.8 Å². The molecule has 0 unspecified atom stereocenters. The van der Waals surface area contributed by atoms with E-state index in [1.807, 2.05) is 0 Å². The number of sulfonamides is 1. The average molecular weight is 390 g/mol. The van der Waals surface area contributed by atoms with Gasteiger partial charge in [0.2, 0.25) is 10.0 Å². The van der Waals surface area contributed by atoms with Crippen molar-refractivity contribution in [2.24, 2.45) is 0 Å². The fourth-order valence-corrected chi connectivity index (χ4v) is 4.70. The normalized spacial score (nSPS) is 19.4. The van der Waals surface area contributed by atoms with E-state index in [4.69, 9.17) is 27.9 Å². The van der Waals surface area contributed by atoms with Crippen LogP contribution in [0.1, 0.15) is 11.7 Å². The first kappa shape index (κ1) is 17.6. The number of rotatable bonds is 3. The molecule has 2 aromatic carbocycles. The van der Waals surface area contributed by atoms with Crippen LogP contribution in [0, 0.1) is 5.82 Å². The maximum Gasteiger partial charge on any atom is 0.243 e. The second kappa shape index (κ2) is 6.98. The molecular weight excluding hydrogens is 376 g/mol. The minimum absolute atomic E-state index is 0.0414. The van der Waals surface area contributed by atoms with Crippen LogP contribution in [0.3, 0.4) is 0 Å². The molecule has 1 aliphatic heterocycles. The minimum atomic E-state index is -3.75. The SMILES string of the molecule is O=S(=O)(c1cc(Cl)cc(Cl)c1)N1CCO[C@H](c2ccc(F)cc2)C1. The van der Waals surface area contributed by atoms with Gasteiger partial charge in [0.15, 0.2) is 0 Å². The summed E-state index contributed by atoms with van der Waals surface area (Å²) in [6.07, 6.45) is -0.455. The molecule has 0 N–H and O–H groups in total. The van der Waals surface area contributed by atoms with Crippen LogP contribution in [-0.4, -0.2) is 32.4 Å². The molecule has 3 rings (SSSR count). The Labute approximate surface area is 149 Å². The van der Waals surface area contributed by atoms with Gasteiger partial charge in [0.05, 0.1) is 17.6 Å². The molecule has 0 saturated carbocycles. The summed E-state index contributed by atoms with van der Waals surface area (Å²) < 4.78 is 45.6. The van der Waals surface area contributed by atoms with Crippen molar-refractivity contribution in [2.75, 3.05) is 19.7 Å². The van der Waals surface area contributed by atoms with Gasteiger partial charge in [0, 0.05) is 23.1 Å². The van der Waals surface area contributed by atoms with E-state index < -0.39 is 16.1 Å². The van der Waals surface area contributed by atoms with Crippen molar-refractivity contribution < 1.29 is 17.5 Å². The van der Waals surface area contributed by atoms with Crippen LogP contribution in [0.15, 0.2) is 47.4 Å². The molecule has 0 amide bonds. The number of benzene rings is 2. The molecule has 0 aromatic heterocycles. The third kappa shape index (κ3) is 3.73. The summed E-state index contributed by atoms with van der Waals surface area (Å²) in [6, 6.07) is 10.0. The third-order valence-corrected chi connectivity index (χ3v) is 6.02. The number of nitrogens with zero attached hydrogens (tertiary/aromatic N) is 1. The highest BCUT2D eigenvalue weighted by Crippen LogP contribution is 2.29. The first-order valence-corrected chi connectivity index (χ1v) is 9.39. The third-order valence-electron chi connectivity index (χ3n) is 3.74. The van der Waals surface area contributed by atoms with E-state index in [0.29, 0.717) is 0 Å². The largest absolute Gasteiger partial charge is 0.371 e. The molecule has 0 bridgehead atoms. The van der Waals surface area contributed by atoms with Crippen LogP contribution >= 0.6 is 23.2 Å².